The molecule has 214 valence electrons. The van der Waals surface area contributed by atoms with Crippen LogP contribution < -0.4 is 21.1 Å². The first-order chi connectivity index (χ1) is 18.4. The second-order valence-corrected chi connectivity index (χ2v) is 11.8. The highest BCUT2D eigenvalue weighted by Crippen LogP contribution is 2.37. The topological polar surface area (TPSA) is 137 Å². The van der Waals surface area contributed by atoms with Crippen LogP contribution in [0.2, 0.25) is 0 Å². The molecular formula is C28H41N5O5S. The van der Waals surface area contributed by atoms with Crippen molar-refractivity contribution in [1.82, 2.24) is 15.1 Å². The monoisotopic (exact) mass is 559 g/mol. The van der Waals surface area contributed by atoms with E-state index in [-0.39, 0.29) is 22.9 Å². The van der Waals surface area contributed by atoms with E-state index in [9.17, 15) is 19.5 Å². The van der Waals surface area contributed by atoms with Crippen molar-refractivity contribution >= 4 is 34.4 Å². The zero-order chi connectivity index (χ0) is 28.7. The molecule has 0 spiro atoms. The molecule has 0 radical (unpaired) electrons. The number of likely N-dealkylation sites (tertiary alicyclic amines) is 1. The number of hydrogen-bond donors (Lipinski definition) is 4. The highest BCUT2D eigenvalue weighted by atomic mass is 32.1. The lowest BCUT2D eigenvalue weighted by Gasteiger charge is -2.46. The maximum absolute atomic E-state index is 13.5. The standard InChI is InChI=1S/C28H41N5O5S/c1-6-32(7-2)15-16-38-19-12-10-18(11-13-19)22-17-20(25(39-22)31-26(29)35)24(34)30-21-9-8-14-33(27(36)37)23(21)28(3,4)5/h10-13,17,21,23H,6-9,14-16H2,1-5H3,(H,30,34)(H,36,37)(H3,29,31,35)/t21-,23?/m0/s1. The average molecular weight is 560 g/mol. The highest BCUT2D eigenvalue weighted by molar-refractivity contribution is 7.20. The molecule has 39 heavy (non-hydrogen) atoms. The molecule has 10 nitrogen and oxygen atoms in total. The third-order valence-electron chi connectivity index (χ3n) is 7.00. The number of nitrogens with two attached hydrogens (primary N) is 1. The summed E-state index contributed by atoms with van der Waals surface area (Å²) in [6, 6.07) is 7.78. The molecule has 0 bridgehead atoms. The van der Waals surface area contributed by atoms with Crippen LogP contribution in [-0.4, -0.2) is 77.8 Å². The first-order valence-electron chi connectivity index (χ1n) is 13.4. The molecule has 1 aromatic heterocycles. The third kappa shape index (κ3) is 7.86. The van der Waals surface area contributed by atoms with Crippen LogP contribution in [0.15, 0.2) is 30.3 Å². The summed E-state index contributed by atoms with van der Waals surface area (Å²) in [4.78, 5) is 41.6. The summed E-state index contributed by atoms with van der Waals surface area (Å²) in [5.41, 5.74) is 6.16. The van der Waals surface area contributed by atoms with Gasteiger partial charge >= 0.3 is 12.1 Å². The Balaban J connectivity index is 1.80. The van der Waals surface area contributed by atoms with Crippen molar-refractivity contribution in [3.8, 4) is 16.2 Å². The van der Waals surface area contributed by atoms with Crippen LogP contribution in [0, 0.1) is 5.41 Å². The molecule has 1 aliphatic heterocycles. The van der Waals surface area contributed by atoms with Gasteiger partial charge in [0.2, 0.25) is 0 Å². The molecule has 2 aromatic rings. The lowest BCUT2D eigenvalue weighted by Crippen LogP contribution is -2.61. The Labute approximate surface area is 234 Å². The molecule has 11 heteroatoms. The summed E-state index contributed by atoms with van der Waals surface area (Å²) >= 11 is 1.25. The molecular weight excluding hydrogens is 518 g/mol. The van der Waals surface area contributed by atoms with Crippen molar-refractivity contribution < 1.29 is 24.2 Å². The number of carbonyl (C=O) groups excluding carboxylic acids is 2. The van der Waals surface area contributed by atoms with E-state index in [0.29, 0.717) is 31.0 Å². The van der Waals surface area contributed by atoms with Gasteiger partial charge in [0, 0.05) is 18.0 Å². The number of piperidine rings is 1. The number of carboxylic acid groups (broad SMARTS) is 1. The minimum atomic E-state index is -0.997. The van der Waals surface area contributed by atoms with Crippen molar-refractivity contribution in [1.29, 1.82) is 0 Å². The summed E-state index contributed by atoms with van der Waals surface area (Å²) in [5.74, 6) is 0.369. The number of nitrogens with one attached hydrogen (secondary N) is 2. The summed E-state index contributed by atoms with van der Waals surface area (Å²) in [6.45, 7) is 14.0. The Kier molecular flexibility index (Phi) is 10.2. The van der Waals surface area contributed by atoms with E-state index in [4.69, 9.17) is 10.5 Å². The van der Waals surface area contributed by atoms with Crippen molar-refractivity contribution in [2.24, 2.45) is 11.1 Å². The van der Waals surface area contributed by atoms with Gasteiger partial charge in [-0.25, -0.2) is 9.59 Å². The van der Waals surface area contributed by atoms with E-state index in [0.717, 1.165) is 35.8 Å². The van der Waals surface area contributed by atoms with Gasteiger partial charge in [0.1, 0.15) is 17.4 Å². The summed E-state index contributed by atoms with van der Waals surface area (Å²) in [5, 5.41) is 15.7. The van der Waals surface area contributed by atoms with E-state index < -0.39 is 18.2 Å². The van der Waals surface area contributed by atoms with Crippen LogP contribution in [-0.2, 0) is 0 Å². The van der Waals surface area contributed by atoms with Crippen LogP contribution in [0.5, 0.6) is 5.75 Å². The minimum Gasteiger partial charge on any atom is -0.492 e. The highest BCUT2D eigenvalue weighted by Gasteiger charge is 2.42. The first kappa shape index (κ1) is 30.2. The lowest BCUT2D eigenvalue weighted by atomic mass is 9.77. The van der Waals surface area contributed by atoms with E-state index in [1.54, 1.807) is 6.07 Å². The molecule has 1 aliphatic rings. The zero-order valence-corrected chi connectivity index (χ0v) is 24.3. The third-order valence-corrected chi connectivity index (χ3v) is 8.10. The van der Waals surface area contributed by atoms with Crippen LogP contribution >= 0.6 is 11.3 Å². The Hall–Kier alpha value is -3.31. The number of primary amides is 1. The molecule has 2 atom stereocenters. The van der Waals surface area contributed by atoms with Crippen molar-refractivity contribution in [3.63, 3.8) is 0 Å². The summed E-state index contributed by atoms with van der Waals surface area (Å²) < 4.78 is 5.88. The van der Waals surface area contributed by atoms with E-state index in [1.165, 1.54) is 16.2 Å². The number of anilines is 1. The van der Waals surface area contributed by atoms with Gasteiger partial charge in [-0.2, -0.15) is 0 Å². The fourth-order valence-corrected chi connectivity index (χ4v) is 6.20. The molecule has 2 heterocycles. The minimum absolute atomic E-state index is 0.286. The number of ether oxygens (including phenoxy) is 1. The summed E-state index contributed by atoms with van der Waals surface area (Å²) in [6.07, 6.45) is 0.306. The number of carbonyl (C=O) groups is 3. The van der Waals surface area contributed by atoms with Gasteiger partial charge in [-0.05, 0) is 67.2 Å². The van der Waals surface area contributed by atoms with Gasteiger partial charge < -0.3 is 30.7 Å². The van der Waals surface area contributed by atoms with Gasteiger partial charge in [-0.3, -0.25) is 10.1 Å². The molecule has 1 unspecified atom stereocenters. The van der Waals surface area contributed by atoms with Gasteiger partial charge in [-0.1, -0.05) is 34.6 Å². The largest absolute Gasteiger partial charge is 0.492 e. The number of nitrogens with zero attached hydrogens (tertiary/aromatic N) is 2. The molecule has 0 aliphatic carbocycles. The second kappa shape index (κ2) is 13.2. The van der Waals surface area contributed by atoms with Gasteiger partial charge in [-0.15, -0.1) is 11.3 Å². The molecule has 3 rings (SSSR count). The maximum Gasteiger partial charge on any atom is 0.407 e. The molecule has 5 N–H and O–H groups in total. The number of amides is 4. The predicted molar refractivity (Wildman–Crippen MR) is 155 cm³/mol. The van der Waals surface area contributed by atoms with Gasteiger partial charge in [0.15, 0.2) is 0 Å². The fraction of sp³-hybridized carbons (Fsp3) is 0.536. The van der Waals surface area contributed by atoms with E-state index >= 15 is 0 Å². The Morgan fingerprint density at radius 3 is 2.41 bits per heavy atom. The molecule has 1 fully saturated rings. The van der Waals surface area contributed by atoms with Crippen molar-refractivity contribution in [2.45, 2.75) is 59.5 Å². The Bertz CT molecular complexity index is 1140. The molecule has 4 amide bonds. The number of rotatable bonds is 10. The van der Waals surface area contributed by atoms with Gasteiger partial charge in [0.25, 0.3) is 5.91 Å². The fourth-order valence-electron chi connectivity index (χ4n) is 5.13. The number of hydrogen-bond acceptors (Lipinski definition) is 6. The predicted octanol–water partition coefficient (Wildman–Crippen LogP) is 4.91. The quantitative estimate of drug-likeness (QED) is 0.326. The number of benzene rings is 1. The number of urea groups is 1. The van der Waals surface area contributed by atoms with Crippen LogP contribution in [0.1, 0.15) is 57.8 Å². The number of thiophene rings is 1. The van der Waals surface area contributed by atoms with Crippen molar-refractivity contribution in [3.05, 3.63) is 35.9 Å². The molecule has 0 saturated carbocycles. The van der Waals surface area contributed by atoms with E-state index in [2.05, 4.69) is 29.4 Å². The normalized spacial score (nSPS) is 17.6. The van der Waals surface area contributed by atoms with E-state index in [1.807, 2.05) is 45.0 Å². The van der Waals surface area contributed by atoms with Gasteiger partial charge in [0.05, 0.1) is 17.6 Å². The number of likely N-dealkylation sites (N-methyl/N-ethyl adjacent to an activating group) is 1. The summed E-state index contributed by atoms with van der Waals surface area (Å²) in [7, 11) is 0. The Morgan fingerprint density at radius 2 is 1.85 bits per heavy atom. The van der Waals surface area contributed by atoms with Crippen LogP contribution in [0.25, 0.3) is 10.4 Å². The molecule has 1 saturated heterocycles. The lowest BCUT2D eigenvalue weighted by molar-refractivity contribution is 0.0359. The second-order valence-electron chi connectivity index (χ2n) is 10.8. The Morgan fingerprint density at radius 1 is 1.18 bits per heavy atom. The molecule has 1 aromatic carbocycles. The zero-order valence-electron chi connectivity index (χ0n) is 23.5. The average Bonchev–Trinajstić information content (AvgIpc) is 3.29. The van der Waals surface area contributed by atoms with Crippen LogP contribution in [0.4, 0.5) is 14.6 Å². The SMILES string of the molecule is CCN(CC)CCOc1ccc(-c2cc(C(=O)N[C@H]3CCCN(C(=O)O)C3C(C)(C)C)c(NC(N)=O)s2)cc1. The van der Waals surface area contributed by atoms with Crippen molar-refractivity contribution in [2.75, 3.05) is 38.1 Å². The maximum atomic E-state index is 13.5. The first-order valence-corrected chi connectivity index (χ1v) is 14.2. The smallest absolute Gasteiger partial charge is 0.407 e. The van der Waals surface area contributed by atoms with Crippen LogP contribution in [0.3, 0.4) is 0 Å².